The molecule has 4 rings (SSSR count). The van der Waals surface area contributed by atoms with E-state index in [-0.39, 0.29) is 6.10 Å². The summed E-state index contributed by atoms with van der Waals surface area (Å²) in [5.41, 5.74) is 2.23. The van der Waals surface area contributed by atoms with Crippen molar-refractivity contribution in [3.05, 3.63) is 66.0 Å². The number of ether oxygens (including phenoxy) is 2. The maximum absolute atomic E-state index is 6.04. The minimum atomic E-state index is 0.0431. The van der Waals surface area contributed by atoms with E-state index in [1.807, 2.05) is 37.3 Å². The van der Waals surface area contributed by atoms with Crippen molar-refractivity contribution in [2.45, 2.75) is 19.6 Å². The first-order valence-corrected chi connectivity index (χ1v) is 9.02. The fraction of sp³-hybridized carbons (Fsp3) is 0.333. The molecule has 3 aromatic rings. The average molecular weight is 349 g/mol. The van der Waals surface area contributed by atoms with Crippen molar-refractivity contribution in [1.29, 1.82) is 0 Å². The second-order valence-electron chi connectivity index (χ2n) is 6.62. The van der Waals surface area contributed by atoms with E-state index < -0.39 is 0 Å². The van der Waals surface area contributed by atoms with Crippen LogP contribution in [0.1, 0.15) is 11.4 Å². The first-order chi connectivity index (χ1) is 12.8. The number of hydrogen-bond donors (Lipinski definition) is 0. The summed E-state index contributed by atoms with van der Waals surface area (Å²) in [6.45, 7) is 5.85. The molecule has 26 heavy (non-hydrogen) atoms. The van der Waals surface area contributed by atoms with Crippen molar-refractivity contribution < 1.29 is 9.47 Å². The zero-order valence-electron chi connectivity index (χ0n) is 15.0. The highest BCUT2D eigenvalue weighted by Gasteiger charge is 2.21. The number of hydrogen-bond acceptors (Lipinski definition) is 5. The zero-order chi connectivity index (χ0) is 17.8. The van der Waals surface area contributed by atoms with Gasteiger partial charge in [-0.1, -0.05) is 42.5 Å². The largest absolute Gasteiger partial charge is 0.474 e. The molecule has 0 spiro atoms. The third-order valence-corrected chi connectivity index (χ3v) is 4.56. The highest BCUT2D eigenvalue weighted by Crippen LogP contribution is 2.22. The molecule has 0 N–H and O–H groups in total. The number of benzene rings is 2. The second-order valence-corrected chi connectivity index (χ2v) is 6.62. The Balaban J connectivity index is 1.40. The lowest BCUT2D eigenvalue weighted by Crippen LogP contribution is -2.44. The van der Waals surface area contributed by atoms with E-state index in [1.54, 1.807) is 0 Å². The van der Waals surface area contributed by atoms with E-state index in [0.29, 0.717) is 18.3 Å². The van der Waals surface area contributed by atoms with Gasteiger partial charge in [0.1, 0.15) is 18.5 Å². The van der Waals surface area contributed by atoms with E-state index >= 15 is 0 Å². The van der Waals surface area contributed by atoms with Gasteiger partial charge in [0.15, 0.2) is 0 Å². The summed E-state index contributed by atoms with van der Waals surface area (Å²) in [4.78, 5) is 11.3. The van der Waals surface area contributed by atoms with Crippen LogP contribution >= 0.6 is 0 Å². The van der Waals surface area contributed by atoms with Crippen molar-refractivity contribution in [3.8, 4) is 5.88 Å². The molecule has 0 saturated carbocycles. The quantitative estimate of drug-likeness (QED) is 0.708. The molecule has 2 aromatic carbocycles. The molecule has 5 heteroatoms. The molecule has 1 aromatic heterocycles. The molecule has 0 aliphatic carbocycles. The Morgan fingerprint density at radius 1 is 1.08 bits per heavy atom. The van der Waals surface area contributed by atoms with Crippen LogP contribution < -0.4 is 4.74 Å². The Labute approximate surface area is 153 Å². The fourth-order valence-electron chi connectivity index (χ4n) is 3.31. The molecule has 1 unspecified atom stereocenters. The second kappa shape index (κ2) is 7.81. The van der Waals surface area contributed by atoms with Gasteiger partial charge in [-0.3, -0.25) is 4.90 Å². The lowest BCUT2D eigenvalue weighted by molar-refractivity contribution is -0.0508. The number of nitrogens with zero attached hydrogens (tertiary/aromatic N) is 3. The van der Waals surface area contributed by atoms with E-state index in [2.05, 4.69) is 39.1 Å². The maximum Gasteiger partial charge on any atom is 0.224 e. The average Bonchev–Trinajstić information content (AvgIpc) is 2.67. The maximum atomic E-state index is 6.04. The van der Waals surface area contributed by atoms with Crippen LogP contribution in [0.4, 0.5) is 0 Å². The molecule has 134 valence electrons. The number of para-hydroxylation sites is 1. The molecule has 1 saturated heterocycles. The summed E-state index contributed by atoms with van der Waals surface area (Å²) < 4.78 is 11.9. The molecule has 5 nitrogen and oxygen atoms in total. The number of morpholine rings is 1. The fourth-order valence-corrected chi connectivity index (χ4v) is 3.31. The lowest BCUT2D eigenvalue weighted by Gasteiger charge is -2.32. The van der Waals surface area contributed by atoms with E-state index in [9.17, 15) is 0 Å². The highest BCUT2D eigenvalue weighted by atomic mass is 16.5. The van der Waals surface area contributed by atoms with Crippen molar-refractivity contribution in [2.75, 3.05) is 26.3 Å². The zero-order valence-corrected chi connectivity index (χ0v) is 15.0. The van der Waals surface area contributed by atoms with Gasteiger partial charge in [0.25, 0.3) is 0 Å². The Kier molecular flexibility index (Phi) is 5.09. The topological polar surface area (TPSA) is 47.5 Å². The van der Waals surface area contributed by atoms with Crippen LogP contribution in [0.2, 0.25) is 0 Å². The van der Waals surface area contributed by atoms with Crippen LogP contribution in [0.3, 0.4) is 0 Å². The third kappa shape index (κ3) is 4.00. The van der Waals surface area contributed by atoms with Crippen LogP contribution in [0, 0.1) is 6.92 Å². The monoisotopic (exact) mass is 349 g/mol. The predicted molar refractivity (Wildman–Crippen MR) is 101 cm³/mol. The number of aryl methyl sites for hydroxylation is 1. The van der Waals surface area contributed by atoms with E-state index in [4.69, 9.17) is 9.47 Å². The van der Waals surface area contributed by atoms with Crippen molar-refractivity contribution in [1.82, 2.24) is 14.9 Å². The minimum Gasteiger partial charge on any atom is -0.474 e. The van der Waals surface area contributed by atoms with Crippen LogP contribution in [-0.2, 0) is 11.3 Å². The Morgan fingerprint density at radius 3 is 2.77 bits per heavy atom. The molecule has 1 aliphatic heterocycles. The minimum absolute atomic E-state index is 0.0431. The van der Waals surface area contributed by atoms with E-state index in [1.165, 1.54) is 5.56 Å². The van der Waals surface area contributed by atoms with Gasteiger partial charge < -0.3 is 9.47 Å². The van der Waals surface area contributed by atoms with Crippen molar-refractivity contribution in [2.24, 2.45) is 0 Å². The molecule has 1 atom stereocenters. The predicted octanol–water partition coefficient (Wildman–Crippen LogP) is 3.22. The molecule has 0 bridgehead atoms. The Morgan fingerprint density at radius 2 is 1.88 bits per heavy atom. The molecule has 0 amide bonds. The standard InChI is InChI=1S/C21H23N3O2/c1-16-22-20-10-6-5-9-19(20)21(23-16)26-15-18-14-24(11-12-25-18)13-17-7-3-2-4-8-17/h2-10,18H,11-15H2,1H3. The smallest absolute Gasteiger partial charge is 0.224 e. The lowest BCUT2D eigenvalue weighted by atomic mass is 10.2. The van der Waals surface area contributed by atoms with Gasteiger partial charge in [-0.25, -0.2) is 4.98 Å². The first-order valence-electron chi connectivity index (χ1n) is 9.02. The summed E-state index contributed by atoms with van der Waals surface area (Å²) in [6, 6.07) is 18.5. The number of rotatable bonds is 5. The van der Waals surface area contributed by atoms with Crippen molar-refractivity contribution in [3.63, 3.8) is 0 Å². The summed E-state index contributed by atoms with van der Waals surface area (Å²) >= 11 is 0. The van der Waals surface area contributed by atoms with E-state index in [0.717, 1.165) is 37.1 Å². The first kappa shape index (κ1) is 16.9. The molecule has 1 fully saturated rings. The summed E-state index contributed by atoms with van der Waals surface area (Å²) in [6.07, 6.45) is 0.0431. The Hall–Kier alpha value is -2.50. The SMILES string of the molecule is Cc1nc(OCC2CN(Cc3ccccc3)CCO2)c2ccccc2n1. The molecule has 2 heterocycles. The van der Waals surface area contributed by atoms with Gasteiger partial charge in [0, 0.05) is 19.6 Å². The molecular weight excluding hydrogens is 326 g/mol. The van der Waals surface area contributed by atoms with Crippen LogP contribution in [0.15, 0.2) is 54.6 Å². The van der Waals surface area contributed by atoms with Gasteiger partial charge in [-0.2, -0.15) is 4.98 Å². The number of aromatic nitrogens is 2. The molecule has 1 aliphatic rings. The van der Waals surface area contributed by atoms with Gasteiger partial charge in [0.05, 0.1) is 17.5 Å². The normalized spacial score (nSPS) is 18.1. The summed E-state index contributed by atoms with van der Waals surface area (Å²) in [7, 11) is 0. The Bertz CT molecular complexity index is 870. The van der Waals surface area contributed by atoms with Gasteiger partial charge in [-0.05, 0) is 24.6 Å². The van der Waals surface area contributed by atoms with Crippen LogP contribution in [0.5, 0.6) is 5.88 Å². The molecule has 0 radical (unpaired) electrons. The molecular formula is C21H23N3O2. The van der Waals surface area contributed by atoms with Crippen LogP contribution in [-0.4, -0.2) is 47.3 Å². The summed E-state index contributed by atoms with van der Waals surface area (Å²) in [5.74, 6) is 1.35. The van der Waals surface area contributed by atoms with Crippen molar-refractivity contribution >= 4 is 10.9 Å². The van der Waals surface area contributed by atoms with Gasteiger partial charge >= 0.3 is 0 Å². The van der Waals surface area contributed by atoms with Gasteiger partial charge in [0.2, 0.25) is 5.88 Å². The third-order valence-electron chi connectivity index (χ3n) is 4.56. The van der Waals surface area contributed by atoms with Gasteiger partial charge in [-0.15, -0.1) is 0 Å². The summed E-state index contributed by atoms with van der Waals surface area (Å²) in [5, 5.41) is 0.940. The van der Waals surface area contributed by atoms with Crippen LogP contribution in [0.25, 0.3) is 10.9 Å². The number of fused-ring (bicyclic) bond motifs is 1. The highest BCUT2D eigenvalue weighted by molar-refractivity contribution is 5.83.